The van der Waals surface area contributed by atoms with E-state index in [-0.39, 0.29) is 13.2 Å². The standard InChI is InChI=1S/C17H24N2O6/c1-17(2,3)25-16(23)19(4)10-13(14(20)21)18-15(22)24-11-12-8-6-5-7-9-12/h5-9,13H,10-11H2,1-4H3,(H,18,22)(H,20,21)/t13-/m1/s1. The normalized spacial score (nSPS) is 12.0. The summed E-state index contributed by atoms with van der Waals surface area (Å²) in [5.74, 6) is -1.29. The number of carbonyl (C=O) groups is 3. The molecule has 2 amide bonds. The van der Waals surface area contributed by atoms with Crippen LogP contribution in [0.4, 0.5) is 9.59 Å². The van der Waals surface area contributed by atoms with Crippen molar-refractivity contribution >= 4 is 18.2 Å². The van der Waals surface area contributed by atoms with Gasteiger partial charge in [0.15, 0.2) is 0 Å². The molecular weight excluding hydrogens is 328 g/mol. The monoisotopic (exact) mass is 352 g/mol. The number of alkyl carbamates (subject to hydrolysis) is 1. The van der Waals surface area contributed by atoms with Crippen molar-refractivity contribution in [2.24, 2.45) is 0 Å². The van der Waals surface area contributed by atoms with Gasteiger partial charge in [0.2, 0.25) is 0 Å². The first kappa shape index (κ1) is 20.3. The number of carboxylic acid groups (broad SMARTS) is 1. The van der Waals surface area contributed by atoms with Gasteiger partial charge in [-0.15, -0.1) is 0 Å². The van der Waals surface area contributed by atoms with E-state index in [1.165, 1.54) is 7.05 Å². The highest BCUT2D eigenvalue weighted by atomic mass is 16.6. The molecule has 138 valence electrons. The fraction of sp³-hybridized carbons (Fsp3) is 0.471. The summed E-state index contributed by atoms with van der Waals surface area (Å²) in [5.41, 5.74) is 0.0712. The minimum Gasteiger partial charge on any atom is -0.480 e. The van der Waals surface area contributed by atoms with Gasteiger partial charge in [0.1, 0.15) is 18.2 Å². The van der Waals surface area contributed by atoms with Crippen LogP contribution in [0.2, 0.25) is 0 Å². The van der Waals surface area contributed by atoms with Gasteiger partial charge >= 0.3 is 18.2 Å². The lowest BCUT2D eigenvalue weighted by Crippen LogP contribution is -2.49. The Kier molecular flexibility index (Phi) is 7.22. The maximum atomic E-state index is 11.9. The van der Waals surface area contributed by atoms with Crippen LogP contribution in [-0.2, 0) is 20.9 Å². The average Bonchev–Trinajstić information content (AvgIpc) is 2.51. The van der Waals surface area contributed by atoms with Gasteiger partial charge < -0.3 is 24.8 Å². The Morgan fingerprint density at radius 1 is 1.20 bits per heavy atom. The zero-order chi connectivity index (χ0) is 19.0. The average molecular weight is 352 g/mol. The lowest BCUT2D eigenvalue weighted by Gasteiger charge is -2.26. The highest BCUT2D eigenvalue weighted by Gasteiger charge is 2.27. The maximum Gasteiger partial charge on any atom is 0.410 e. The van der Waals surface area contributed by atoms with E-state index in [1.54, 1.807) is 45.0 Å². The molecule has 0 aliphatic carbocycles. The van der Waals surface area contributed by atoms with Crippen molar-refractivity contribution in [1.82, 2.24) is 10.2 Å². The van der Waals surface area contributed by atoms with Gasteiger partial charge in [-0.3, -0.25) is 0 Å². The van der Waals surface area contributed by atoms with Gasteiger partial charge in [0.25, 0.3) is 0 Å². The highest BCUT2D eigenvalue weighted by molar-refractivity contribution is 5.81. The largest absolute Gasteiger partial charge is 0.480 e. The second-order valence-electron chi connectivity index (χ2n) is 6.46. The minimum atomic E-state index is -1.32. The number of nitrogens with zero attached hydrogens (tertiary/aromatic N) is 1. The first-order valence-corrected chi connectivity index (χ1v) is 7.72. The molecule has 0 aliphatic rings. The fourth-order valence-electron chi connectivity index (χ4n) is 1.78. The van der Waals surface area contributed by atoms with E-state index in [9.17, 15) is 19.5 Å². The van der Waals surface area contributed by atoms with Crippen molar-refractivity contribution in [3.05, 3.63) is 35.9 Å². The first-order chi connectivity index (χ1) is 11.6. The number of amides is 2. The zero-order valence-corrected chi connectivity index (χ0v) is 14.8. The Morgan fingerprint density at radius 2 is 1.80 bits per heavy atom. The van der Waals surface area contributed by atoms with Crippen LogP contribution in [0.25, 0.3) is 0 Å². The molecule has 25 heavy (non-hydrogen) atoms. The number of nitrogens with one attached hydrogen (secondary N) is 1. The lowest BCUT2D eigenvalue weighted by molar-refractivity contribution is -0.139. The van der Waals surface area contributed by atoms with Crippen LogP contribution < -0.4 is 5.32 Å². The SMILES string of the molecule is CN(C[C@@H](NC(=O)OCc1ccccc1)C(=O)O)C(=O)OC(C)(C)C. The van der Waals surface area contributed by atoms with E-state index >= 15 is 0 Å². The van der Waals surface area contributed by atoms with Gasteiger partial charge in [0.05, 0.1) is 6.54 Å². The van der Waals surface area contributed by atoms with Crippen LogP contribution in [0, 0.1) is 0 Å². The molecule has 1 rings (SSSR count). The summed E-state index contributed by atoms with van der Waals surface area (Å²) in [4.78, 5) is 36.0. The molecule has 0 unspecified atom stereocenters. The van der Waals surface area contributed by atoms with Crippen molar-refractivity contribution < 1.29 is 29.0 Å². The zero-order valence-electron chi connectivity index (χ0n) is 14.8. The second kappa shape index (κ2) is 8.91. The third-order valence-corrected chi connectivity index (χ3v) is 2.96. The molecule has 0 saturated heterocycles. The Hall–Kier alpha value is -2.77. The van der Waals surface area contributed by atoms with E-state index in [2.05, 4.69) is 5.32 Å². The number of rotatable bonds is 6. The molecule has 0 bridgehead atoms. The van der Waals surface area contributed by atoms with E-state index < -0.39 is 29.8 Å². The lowest BCUT2D eigenvalue weighted by atomic mass is 10.2. The van der Waals surface area contributed by atoms with Crippen LogP contribution in [0.1, 0.15) is 26.3 Å². The molecule has 0 aromatic heterocycles. The number of hydrogen-bond acceptors (Lipinski definition) is 5. The topological polar surface area (TPSA) is 105 Å². The summed E-state index contributed by atoms with van der Waals surface area (Å²) in [5, 5.41) is 11.4. The Balaban J connectivity index is 2.54. The van der Waals surface area contributed by atoms with Crippen LogP contribution in [-0.4, -0.2) is 53.4 Å². The summed E-state index contributed by atoms with van der Waals surface area (Å²) < 4.78 is 10.1. The number of carbonyl (C=O) groups excluding carboxylic acids is 2. The van der Waals surface area contributed by atoms with Crippen molar-refractivity contribution in [3.63, 3.8) is 0 Å². The molecule has 1 atom stereocenters. The quantitative estimate of drug-likeness (QED) is 0.813. The Labute approximate surface area is 146 Å². The number of aliphatic carboxylic acids is 1. The fourth-order valence-corrected chi connectivity index (χ4v) is 1.78. The van der Waals surface area contributed by atoms with Crippen LogP contribution in [0.15, 0.2) is 30.3 Å². The first-order valence-electron chi connectivity index (χ1n) is 7.72. The Bertz CT molecular complexity index is 597. The molecule has 0 heterocycles. The third kappa shape index (κ3) is 8.05. The summed E-state index contributed by atoms with van der Waals surface area (Å²) >= 11 is 0. The minimum absolute atomic E-state index is 0.0148. The molecule has 0 aliphatic heterocycles. The molecule has 0 saturated carbocycles. The number of ether oxygens (including phenoxy) is 2. The number of benzene rings is 1. The number of carboxylic acids is 1. The second-order valence-corrected chi connectivity index (χ2v) is 6.46. The molecule has 8 heteroatoms. The summed E-state index contributed by atoms with van der Waals surface area (Å²) in [7, 11) is 1.39. The van der Waals surface area contributed by atoms with Crippen LogP contribution >= 0.6 is 0 Å². The Morgan fingerprint density at radius 3 is 2.32 bits per heavy atom. The molecular formula is C17H24N2O6. The summed E-state index contributed by atoms with van der Waals surface area (Å²) in [6, 6.07) is 7.66. The van der Waals surface area contributed by atoms with Gasteiger partial charge in [-0.1, -0.05) is 30.3 Å². The predicted molar refractivity (Wildman–Crippen MR) is 90.1 cm³/mol. The van der Waals surface area contributed by atoms with Crippen molar-refractivity contribution in [3.8, 4) is 0 Å². The smallest absolute Gasteiger partial charge is 0.410 e. The molecule has 2 N–H and O–H groups in total. The van der Waals surface area contributed by atoms with E-state index in [0.29, 0.717) is 0 Å². The van der Waals surface area contributed by atoms with E-state index in [4.69, 9.17) is 9.47 Å². The number of likely N-dealkylation sites (N-methyl/N-ethyl adjacent to an activating group) is 1. The molecule has 1 aromatic carbocycles. The molecule has 0 radical (unpaired) electrons. The molecule has 1 aromatic rings. The van der Waals surface area contributed by atoms with Gasteiger partial charge in [-0.25, -0.2) is 14.4 Å². The third-order valence-electron chi connectivity index (χ3n) is 2.96. The van der Waals surface area contributed by atoms with E-state index in [0.717, 1.165) is 10.5 Å². The van der Waals surface area contributed by atoms with Crippen molar-refractivity contribution in [2.75, 3.05) is 13.6 Å². The molecule has 0 spiro atoms. The number of hydrogen-bond donors (Lipinski definition) is 2. The van der Waals surface area contributed by atoms with E-state index in [1.807, 2.05) is 6.07 Å². The summed E-state index contributed by atoms with van der Waals surface area (Å²) in [6.07, 6.45) is -1.56. The van der Waals surface area contributed by atoms with Crippen LogP contribution in [0.5, 0.6) is 0 Å². The van der Waals surface area contributed by atoms with Crippen molar-refractivity contribution in [2.45, 2.75) is 39.0 Å². The van der Waals surface area contributed by atoms with Gasteiger partial charge in [-0.05, 0) is 26.3 Å². The van der Waals surface area contributed by atoms with Crippen molar-refractivity contribution in [1.29, 1.82) is 0 Å². The summed E-state index contributed by atoms with van der Waals surface area (Å²) in [6.45, 7) is 4.86. The molecule has 0 fully saturated rings. The van der Waals surface area contributed by atoms with Gasteiger partial charge in [0, 0.05) is 7.05 Å². The van der Waals surface area contributed by atoms with Gasteiger partial charge in [-0.2, -0.15) is 0 Å². The predicted octanol–water partition coefficient (Wildman–Crippen LogP) is 2.23. The molecule has 8 nitrogen and oxygen atoms in total. The highest BCUT2D eigenvalue weighted by Crippen LogP contribution is 2.09. The van der Waals surface area contributed by atoms with Crippen LogP contribution in [0.3, 0.4) is 0 Å². The maximum absolute atomic E-state index is 11.9.